The van der Waals surface area contributed by atoms with Crippen LogP contribution < -0.4 is 10.2 Å². The minimum atomic E-state index is -0.978. The van der Waals surface area contributed by atoms with Crippen molar-refractivity contribution in [3.63, 3.8) is 0 Å². The fraction of sp³-hybridized carbons (Fsp3) is 0.278. The average molecular weight is 314 g/mol. The van der Waals surface area contributed by atoms with Gasteiger partial charge in [0, 0.05) is 18.2 Å². The summed E-state index contributed by atoms with van der Waals surface area (Å²) in [5.74, 6) is -0.309. The Bertz CT molecular complexity index is 682. The van der Waals surface area contributed by atoms with Gasteiger partial charge in [0.2, 0.25) is 0 Å². The first-order valence-corrected chi connectivity index (χ1v) is 7.74. The molecule has 3 rings (SSSR count). The Morgan fingerprint density at radius 2 is 1.96 bits per heavy atom. The maximum atomic E-state index is 13.1. The summed E-state index contributed by atoms with van der Waals surface area (Å²) in [5, 5.41) is 13.0. The second-order valence-electron chi connectivity index (χ2n) is 5.71. The lowest BCUT2D eigenvalue weighted by atomic mass is 10.0. The summed E-state index contributed by atoms with van der Waals surface area (Å²) < 4.78 is 13.1. The van der Waals surface area contributed by atoms with Crippen molar-refractivity contribution in [3.05, 3.63) is 54.3 Å². The second kappa shape index (κ2) is 6.79. The molecule has 0 aliphatic carbocycles. The normalized spacial score (nSPS) is 17.2. The van der Waals surface area contributed by atoms with Crippen molar-refractivity contribution in [1.29, 1.82) is 0 Å². The summed E-state index contributed by atoms with van der Waals surface area (Å²) in [5.41, 5.74) is 2.21. The molecule has 0 radical (unpaired) electrons. The van der Waals surface area contributed by atoms with Gasteiger partial charge in [-0.25, -0.2) is 9.18 Å². The van der Waals surface area contributed by atoms with Crippen LogP contribution in [0.25, 0.3) is 11.1 Å². The van der Waals surface area contributed by atoms with Gasteiger partial charge in [0.05, 0.1) is 5.69 Å². The summed E-state index contributed by atoms with van der Waals surface area (Å²) in [6, 6.07) is 13.6. The maximum Gasteiger partial charge on any atom is 0.411 e. The summed E-state index contributed by atoms with van der Waals surface area (Å²) >= 11 is 0. The van der Waals surface area contributed by atoms with Gasteiger partial charge in [-0.2, -0.15) is 0 Å². The molecule has 0 spiro atoms. The monoisotopic (exact) mass is 314 g/mol. The number of para-hydroxylation sites is 1. The molecular formula is C18H19FN2O2. The van der Waals surface area contributed by atoms with Crippen molar-refractivity contribution in [2.75, 3.05) is 18.0 Å². The minimum absolute atomic E-state index is 0.173. The van der Waals surface area contributed by atoms with Crippen LogP contribution in [0.5, 0.6) is 0 Å². The zero-order valence-corrected chi connectivity index (χ0v) is 12.7. The number of rotatable bonds is 4. The SMILES string of the molecule is O=C(O)N(CC1CCCN1)c1ccccc1-c1ccc(F)cc1. The highest BCUT2D eigenvalue weighted by molar-refractivity contribution is 5.92. The van der Waals surface area contributed by atoms with E-state index in [-0.39, 0.29) is 11.9 Å². The van der Waals surface area contributed by atoms with Crippen molar-refractivity contribution in [2.45, 2.75) is 18.9 Å². The molecule has 1 atom stereocenters. The van der Waals surface area contributed by atoms with E-state index in [0.717, 1.165) is 30.5 Å². The van der Waals surface area contributed by atoms with Crippen molar-refractivity contribution in [3.8, 4) is 11.1 Å². The third-order valence-corrected chi connectivity index (χ3v) is 4.15. The van der Waals surface area contributed by atoms with Gasteiger partial charge in [-0.3, -0.25) is 4.90 Å². The first-order chi connectivity index (χ1) is 11.1. The quantitative estimate of drug-likeness (QED) is 0.904. The molecule has 5 heteroatoms. The van der Waals surface area contributed by atoms with Crippen molar-refractivity contribution >= 4 is 11.8 Å². The maximum absolute atomic E-state index is 13.1. The predicted octanol–water partition coefficient (Wildman–Crippen LogP) is 3.73. The standard InChI is InChI=1S/C18H19FN2O2/c19-14-9-7-13(8-10-14)16-5-1-2-6-17(16)21(18(22)23)12-15-4-3-11-20-15/h1-2,5-10,15,20H,3-4,11-12H2,(H,22,23). The molecule has 0 bridgehead atoms. The van der Waals surface area contributed by atoms with Gasteiger partial charge < -0.3 is 10.4 Å². The molecule has 1 aliphatic rings. The Kier molecular flexibility index (Phi) is 4.57. The second-order valence-corrected chi connectivity index (χ2v) is 5.71. The van der Waals surface area contributed by atoms with Crippen molar-refractivity contribution in [1.82, 2.24) is 5.32 Å². The van der Waals surface area contributed by atoms with Crippen LogP contribution in [0.3, 0.4) is 0 Å². The summed E-state index contributed by atoms with van der Waals surface area (Å²) in [6.07, 6.45) is 1.06. The van der Waals surface area contributed by atoms with Crippen LogP contribution in [0, 0.1) is 5.82 Å². The smallest absolute Gasteiger partial charge is 0.411 e. The molecule has 1 saturated heterocycles. The Morgan fingerprint density at radius 1 is 1.22 bits per heavy atom. The highest BCUT2D eigenvalue weighted by Gasteiger charge is 2.24. The minimum Gasteiger partial charge on any atom is -0.465 e. The molecule has 120 valence electrons. The highest BCUT2D eigenvalue weighted by atomic mass is 19.1. The zero-order chi connectivity index (χ0) is 16.2. The van der Waals surface area contributed by atoms with E-state index >= 15 is 0 Å². The molecule has 0 aromatic heterocycles. The first kappa shape index (κ1) is 15.5. The number of carboxylic acid groups (broad SMARTS) is 1. The molecule has 23 heavy (non-hydrogen) atoms. The molecule has 1 aliphatic heterocycles. The Morgan fingerprint density at radius 3 is 2.61 bits per heavy atom. The van der Waals surface area contributed by atoms with E-state index < -0.39 is 6.09 Å². The number of nitrogens with zero attached hydrogens (tertiary/aromatic N) is 1. The predicted molar refractivity (Wildman–Crippen MR) is 88.2 cm³/mol. The van der Waals surface area contributed by atoms with Crippen LogP contribution in [0.1, 0.15) is 12.8 Å². The largest absolute Gasteiger partial charge is 0.465 e. The summed E-state index contributed by atoms with van der Waals surface area (Å²) in [6.45, 7) is 1.34. The molecule has 1 heterocycles. The molecular weight excluding hydrogens is 295 g/mol. The van der Waals surface area contributed by atoms with Gasteiger partial charge in [0.15, 0.2) is 0 Å². The number of carbonyl (C=O) groups is 1. The lowest BCUT2D eigenvalue weighted by molar-refractivity contribution is 0.201. The third-order valence-electron chi connectivity index (χ3n) is 4.15. The van der Waals surface area contributed by atoms with Crippen LogP contribution in [0.4, 0.5) is 14.9 Å². The topological polar surface area (TPSA) is 52.6 Å². The van der Waals surface area contributed by atoms with Gasteiger partial charge in [-0.15, -0.1) is 0 Å². The van der Waals surface area contributed by atoms with Crippen LogP contribution in [0.2, 0.25) is 0 Å². The number of amides is 1. The van der Waals surface area contributed by atoms with Crippen LogP contribution in [-0.4, -0.2) is 30.3 Å². The molecule has 4 nitrogen and oxygen atoms in total. The molecule has 1 unspecified atom stereocenters. The summed E-state index contributed by atoms with van der Waals surface area (Å²) in [4.78, 5) is 13.1. The van der Waals surface area contributed by atoms with Crippen LogP contribution in [-0.2, 0) is 0 Å². The van der Waals surface area contributed by atoms with Crippen LogP contribution >= 0.6 is 0 Å². The van der Waals surface area contributed by atoms with E-state index in [1.807, 2.05) is 18.2 Å². The third kappa shape index (κ3) is 3.51. The summed E-state index contributed by atoms with van der Waals surface area (Å²) in [7, 11) is 0. The molecule has 2 aromatic rings. The number of hydrogen-bond acceptors (Lipinski definition) is 2. The van der Waals surface area contributed by atoms with Gasteiger partial charge in [0.25, 0.3) is 0 Å². The molecule has 1 amide bonds. The number of nitrogens with one attached hydrogen (secondary N) is 1. The van der Waals surface area contributed by atoms with Gasteiger partial charge in [-0.1, -0.05) is 30.3 Å². The van der Waals surface area contributed by atoms with Gasteiger partial charge in [0.1, 0.15) is 5.82 Å². The number of benzene rings is 2. The fourth-order valence-electron chi connectivity index (χ4n) is 2.99. The Balaban J connectivity index is 1.96. The van der Waals surface area contributed by atoms with E-state index in [4.69, 9.17) is 0 Å². The van der Waals surface area contributed by atoms with E-state index in [2.05, 4.69) is 5.32 Å². The lowest BCUT2D eigenvalue weighted by Gasteiger charge is -2.25. The van der Waals surface area contributed by atoms with Gasteiger partial charge >= 0.3 is 6.09 Å². The number of hydrogen-bond donors (Lipinski definition) is 2. The highest BCUT2D eigenvalue weighted by Crippen LogP contribution is 2.31. The number of anilines is 1. The molecule has 2 aromatic carbocycles. The lowest BCUT2D eigenvalue weighted by Crippen LogP contribution is -2.40. The van der Waals surface area contributed by atoms with Crippen molar-refractivity contribution in [2.24, 2.45) is 0 Å². The Labute approximate surface area is 134 Å². The zero-order valence-electron chi connectivity index (χ0n) is 12.7. The van der Waals surface area contributed by atoms with Gasteiger partial charge in [-0.05, 0) is 43.1 Å². The molecule has 2 N–H and O–H groups in total. The molecule has 0 saturated carbocycles. The van der Waals surface area contributed by atoms with Crippen molar-refractivity contribution < 1.29 is 14.3 Å². The van der Waals surface area contributed by atoms with E-state index in [9.17, 15) is 14.3 Å². The first-order valence-electron chi connectivity index (χ1n) is 7.74. The van der Waals surface area contributed by atoms with E-state index in [0.29, 0.717) is 12.2 Å². The van der Waals surface area contributed by atoms with E-state index in [1.54, 1.807) is 18.2 Å². The number of halogens is 1. The van der Waals surface area contributed by atoms with E-state index in [1.165, 1.54) is 17.0 Å². The fourth-order valence-corrected chi connectivity index (χ4v) is 2.99. The average Bonchev–Trinajstić information content (AvgIpc) is 3.06. The Hall–Kier alpha value is -2.40. The van der Waals surface area contributed by atoms with Crippen LogP contribution in [0.15, 0.2) is 48.5 Å². The molecule has 1 fully saturated rings.